The summed E-state index contributed by atoms with van der Waals surface area (Å²) < 4.78 is 10.4. The SMILES string of the molecule is O=C(OC1C(=O)N(O)C(=O)C1OC(=O)C1CCCCC1)C1CCCCC1. The lowest BCUT2D eigenvalue weighted by molar-refractivity contribution is -0.177. The average Bonchev–Trinajstić information content (AvgIpc) is 2.87. The van der Waals surface area contributed by atoms with Crippen LogP contribution in [0.2, 0.25) is 0 Å². The van der Waals surface area contributed by atoms with Crippen molar-refractivity contribution in [3.63, 3.8) is 0 Å². The minimum atomic E-state index is -1.60. The Hall–Kier alpha value is -1.96. The van der Waals surface area contributed by atoms with Crippen LogP contribution in [0.1, 0.15) is 64.2 Å². The third kappa shape index (κ3) is 3.90. The normalized spacial score (nSPS) is 28.3. The second-order valence-corrected chi connectivity index (χ2v) is 7.37. The number of amides is 2. The Kier molecular flexibility index (Phi) is 5.90. The van der Waals surface area contributed by atoms with E-state index in [1.807, 2.05) is 0 Å². The molecule has 2 saturated carbocycles. The van der Waals surface area contributed by atoms with Crippen molar-refractivity contribution in [2.24, 2.45) is 11.8 Å². The Morgan fingerprint density at radius 1 is 0.731 bits per heavy atom. The molecular weight excluding hydrogens is 342 g/mol. The van der Waals surface area contributed by atoms with Gasteiger partial charge in [0.05, 0.1) is 11.8 Å². The molecule has 2 aliphatic carbocycles. The molecule has 2 atom stereocenters. The molecule has 1 heterocycles. The summed E-state index contributed by atoms with van der Waals surface area (Å²) in [4.78, 5) is 48.8. The van der Waals surface area contributed by atoms with E-state index in [0.29, 0.717) is 25.7 Å². The highest BCUT2D eigenvalue weighted by atomic mass is 16.6. The zero-order valence-electron chi connectivity index (χ0n) is 14.7. The Labute approximate surface area is 151 Å². The van der Waals surface area contributed by atoms with E-state index in [9.17, 15) is 24.4 Å². The number of ether oxygens (including phenoxy) is 2. The van der Waals surface area contributed by atoms with E-state index in [1.54, 1.807) is 0 Å². The van der Waals surface area contributed by atoms with Gasteiger partial charge in [0.1, 0.15) is 0 Å². The summed E-state index contributed by atoms with van der Waals surface area (Å²) in [6.45, 7) is 0. The highest BCUT2D eigenvalue weighted by Gasteiger charge is 2.53. The molecule has 2 unspecified atom stereocenters. The van der Waals surface area contributed by atoms with Gasteiger partial charge in [0.15, 0.2) is 0 Å². The Bertz CT molecular complexity index is 528. The molecule has 0 aromatic rings. The number of rotatable bonds is 4. The van der Waals surface area contributed by atoms with E-state index in [1.165, 1.54) is 0 Å². The zero-order chi connectivity index (χ0) is 18.7. The van der Waals surface area contributed by atoms with Crippen LogP contribution in [0.25, 0.3) is 0 Å². The van der Waals surface area contributed by atoms with Crippen LogP contribution in [0, 0.1) is 11.8 Å². The number of imide groups is 1. The molecule has 3 rings (SSSR count). The highest BCUT2D eigenvalue weighted by molar-refractivity contribution is 6.08. The lowest BCUT2D eigenvalue weighted by Gasteiger charge is -2.25. The first kappa shape index (κ1) is 18.8. The monoisotopic (exact) mass is 367 g/mol. The lowest BCUT2D eigenvalue weighted by Crippen LogP contribution is -2.40. The molecule has 26 heavy (non-hydrogen) atoms. The van der Waals surface area contributed by atoms with Gasteiger partial charge in [0, 0.05) is 0 Å². The summed E-state index contributed by atoms with van der Waals surface area (Å²) in [6.07, 6.45) is 5.20. The molecule has 0 radical (unpaired) electrons. The van der Waals surface area contributed by atoms with E-state index in [4.69, 9.17) is 9.47 Å². The molecule has 1 aliphatic heterocycles. The molecule has 0 aromatic carbocycles. The fraction of sp³-hybridized carbons (Fsp3) is 0.778. The molecule has 8 nitrogen and oxygen atoms in total. The third-order valence-electron chi connectivity index (χ3n) is 5.54. The van der Waals surface area contributed by atoms with Crippen LogP contribution in [0.5, 0.6) is 0 Å². The van der Waals surface area contributed by atoms with E-state index < -0.39 is 36.0 Å². The molecule has 144 valence electrons. The molecule has 3 fully saturated rings. The zero-order valence-corrected chi connectivity index (χ0v) is 14.7. The first-order chi connectivity index (χ1) is 12.5. The number of nitrogens with zero attached hydrogens (tertiary/aromatic N) is 1. The fourth-order valence-corrected chi connectivity index (χ4v) is 3.95. The van der Waals surface area contributed by atoms with Crippen molar-refractivity contribution in [3.8, 4) is 0 Å². The average molecular weight is 367 g/mol. The van der Waals surface area contributed by atoms with Gasteiger partial charge in [-0.3, -0.25) is 24.4 Å². The molecule has 2 amide bonds. The summed E-state index contributed by atoms with van der Waals surface area (Å²) in [6, 6.07) is 0. The number of hydrogen-bond donors (Lipinski definition) is 1. The Morgan fingerprint density at radius 2 is 1.08 bits per heavy atom. The molecule has 0 spiro atoms. The van der Waals surface area contributed by atoms with Gasteiger partial charge in [-0.15, -0.1) is 5.06 Å². The topological polar surface area (TPSA) is 110 Å². The van der Waals surface area contributed by atoms with E-state index in [-0.39, 0.29) is 16.9 Å². The van der Waals surface area contributed by atoms with Crippen LogP contribution < -0.4 is 0 Å². The van der Waals surface area contributed by atoms with Crippen LogP contribution in [0.4, 0.5) is 0 Å². The number of esters is 2. The Morgan fingerprint density at radius 3 is 1.42 bits per heavy atom. The van der Waals surface area contributed by atoms with Gasteiger partial charge in [-0.2, -0.15) is 0 Å². The van der Waals surface area contributed by atoms with Gasteiger partial charge in [0.2, 0.25) is 12.2 Å². The Balaban J connectivity index is 1.66. The second kappa shape index (κ2) is 8.16. The largest absolute Gasteiger partial charge is 0.447 e. The maximum Gasteiger partial charge on any atom is 0.309 e. The summed E-state index contributed by atoms with van der Waals surface area (Å²) in [5.74, 6) is -3.95. The molecule has 0 bridgehead atoms. The maximum atomic E-state index is 12.3. The van der Waals surface area contributed by atoms with Gasteiger partial charge in [-0.1, -0.05) is 38.5 Å². The molecule has 1 N–H and O–H groups in total. The van der Waals surface area contributed by atoms with Crippen LogP contribution in [-0.4, -0.2) is 46.2 Å². The minimum Gasteiger partial charge on any atom is -0.447 e. The molecule has 1 saturated heterocycles. The number of carbonyl (C=O) groups is 4. The predicted octanol–water partition coefficient (Wildman–Crippen LogP) is 1.73. The summed E-state index contributed by atoms with van der Waals surface area (Å²) in [5, 5.41) is 9.49. The highest BCUT2D eigenvalue weighted by Crippen LogP contribution is 2.29. The van der Waals surface area contributed by atoms with Gasteiger partial charge in [-0.25, -0.2) is 0 Å². The quantitative estimate of drug-likeness (QED) is 0.458. The smallest absolute Gasteiger partial charge is 0.309 e. The molecule has 0 aromatic heterocycles. The summed E-state index contributed by atoms with van der Waals surface area (Å²) >= 11 is 0. The van der Waals surface area contributed by atoms with Crippen molar-refractivity contribution < 1.29 is 33.9 Å². The van der Waals surface area contributed by atoms with Gasteiger partial charge >= 0.3 is 11.9 Å². The van der Waals surface area contributed by atoms with Crippen molar-refractivity contribution in [1.29, 1.82) is 0 Å². The lowest BCUT2D eigenvalue weighted by atomic mass is 9.89. The molecule has 8 heteroatoms. The molecular formula is C18H25NO7. The molecule has 3 aliphatic rings. The first-order valence-electron chi connectivity index (χ1n) is 9.46. The van der Waals surface area contributed by atoms with Crippen molar-refractivity contribution in [1.82, 2.24) is 5.06 Å². The van der Waals surface area contributed by atoms with E-state index >= 15 is 0 Å². The summed E-state index contributed by atoms with van der Waals surface area (Å²) in [5.41, 5.74) is 0. The van der Waals surface area contributed by atoms with Crippen molar-refractivity contribution in [2.75, 3.05) is 0 Å². The van der Waals surface area contributed by atoms with E-state index in [2.05, 4.69) is 0 Å². The predicted molar refractivity (Wildman–Crippen MR) is 86.5 cm³/mol. The standard InChI is InChI=1S/C18H25NO7/c20-15-13(25-17(22)11-7-3-1-4-8-11)14(16(21)19(15)24)26-18(23)12-9-5-2-6-10-12/h11-14,24H,1-10H2. The summed E-state index contributed by atoms with van der Waals surface area (Å²) in [7, 11) is 0. The maximum absolute atomic E-state index is 12.3. The number of carbonyl (C=O) groups excluding carboxylic acids is 4. The van der Waals surface area contributed by atoms with Crippen LogP contribution >= 0.6 is 0 Å². The van der Waals surface area contributed by atoms with Gasteiger partial charge in [-0.05, 0) is 25.7 Å². The second-order valence-electron chi connectivity index (χ2n) is 7.37. The van der Waals surface area contributed by atoms with Crippen molar-refractivity contribution in [2.45, 2.75) is 76.4 Å². The van der Waals surface area contributed by atoms with Gasteiger partial charge in [0.25, 0.3) is 11.8 Å². The van der Waals surface area contributed by atoms with Crippen LogP contribution in [0.15, 0.2) is 0 Å². The fourth-order valence-electron chi connectivity index (χ4n) is 3.95. The number of hydrogen-bond acceptors (Lipinski definition) is 7. The van der Waals surface area contributed by atoms with Crippen LogP contribution in [-0.2, 0) is 28.7 Å². The third-order valence-corrected chi connectivity index (χ3v) is 5.54. The minimum absolute atomic E-state index is 0.113. The van der Waals surface area contributed by atoms with Crippen LogP contribution in [0.3, 0.4) is 0 Å². The number of hydroxylamine groups is 2. The van der Waals surface area contributed by atoms with Crippen molar-refractivity contribution in [3.05, 3.63) is 0 Å². The van der Waals surface area contributed by atoms with E-state index in [0.717, 1.165) is 38.5 Å². The first-order valence-corrected chi connectivity index (χ1v) is 9.46. The van der Waals surface area contributed by atoms with Crippen molar-refractivity contribution >= 4 is 23.8 Å². The van der Waals surface area contributed by atoms with Gasteiger partial charge < -0.3 is 9.47 Å².